The van der Waals surface area contributed by atoms with Gasteiger partial charge in [-0.3, -0.25) is 4.57 Å². The molecule has 0 saturated carbocycles. The number of ether oxygens (including phenoxy) is 2. The number of anilines is 2. The van der Waals surface area contributed by atoms with Crippen LogP contribution < -0.4 is 19.3 Å². The molecule has 0 spiro atoms. The molecule has 218 valence electrons. The van der Waals surface area contributed by atoms with Gasteiger partial charge in [0.25, 0.3) is 0 Å². The highest BCUT2D eigenvalue weighted by Crippen LogP contribution is 2.32. The van der Waals surface area contributed by atoms with Gasteiger partial charge in [0.05, 0.1) is 6.54 Å². The molecule has 3 aromatic rings. The van der Waals surface area contributed by atoms with E-state index in [1.165, 1.54) is 43.3 Å². The van der Waals surface area contributed by atoms with E-state index in [2.05, 4.69) is 51.0 Å². The molecule has 0 amide bonds. The fourth-order valence-electron chi connectivity index (χ4n) is 6.36. The van der Waals surface area contributed by atoms with Gasteiger partial charge in [0, 0.05) is 66.7 Å². The van der Waals surface area contributed by atoms with Crippen molar-refractivity contribution in [2.75, 3.05) is 49.6 Å². The van der Waals surface area contributed by atoms with Gasteiger partial charge in [-0.25, -0.2) is 0 Å². The molecule has 2 saturated heterocycles. The first-order valence-electron chi connectivity index (χ1n) is 14.4. The third-order valence-corrected chi connectivity index (χ3v) is 9.02. The molecule has 0 unspecified atom stereocenters. The number of fused-ring (bicyclic) bond motifs is 1. The summed E-state index contributed by atoms with van der Waals surface area (Å²) in [5.41, 5.74) is 1.83. The molecule has 3 aliphatic rings. The summed E-state index contributed by atoms with van der Waals surface area (Å²) in [5, 5.41) is 11.7. The number of likely N-dealkylation sites (tertiary alicyclic amines) is 1. The van der Waals surface area contributed by atoms with E-state index in [9.17, 15) is 10.1 Å². The molecule has 41 heavy (non-hydrogen) atoms. The Kier molecular flexibility index (Phi) is 7.70. The van der Waals surface area contributed by atoms with Crippen LogP contribution in [0.15, 0.2) is 54.7 Å². The maximum absolute atomic E-state index is 10.9. The molecular formula is C30H37ClN6O4. The van der Waals surface area contributed by atoms with Crippen LogP contribution in [0, 0.1) is 10.1 Å². The van der Waals surface area contributed by atoms with Crippen molar-refractivity contribution in [2.45, 2.75) is 56.8 Å². The zero-order chi connectivity index (χ0) is 28.6. The molecule has 2 aromatic carbocycles. The summed E-state index contributed by atoms with van der Waals surface area (Å²) >= 11 is 6.07. The lowest BCUT2D eigenvalue weighted by molar-refractivity contribution is -0.389. The number of benzene rings is 2. The largest absolute Gasteiger partial charge is 0.489 e. The molecule has 3 aliphatic heterocycles. The molecule has 11 heteroatoms. The standard InChI is InChI=1S/C30H37ClN6O4/c1-30(20-36-19-28(37(38)39)32-29(36)41-30)21-40-27-9-7-25(8-10-27)34-17-13-26(14-18-34)35-15-11-24(12-16-35)33(2)23-5-3-22(31)4-6-23/h3-10,19,24,26H,11-18,20-21H2,1-2H3/t30-/m1/s1. The Morgan fingerprint density at radius 3 is 2.39 bits per heavy atom. The topological polar surface area (TPSA) is 89.1 Å². The normalized spacial score (nSPS) is 21.9. The zero-order valence-corrected chi connectivity index (χ0v) is 24.4. The number of rotatable bonds is 8. The van der Waals surface area contributed by atoms with Crippen LogP contribution in [0.1, 0.15) is 32.6 Å². The van der Waals surface area contributed by atoms with Gasteiger partial charge >= 0.3 is 11.8 Å². The SMILES string of the molecule is CN(c1ccc(Cl)cc1)C1CCN(C2CCN(c3ccc(OC[C@@]4(C)Cn5cc([N+](=O)[O-])nc5O4)cc3)CC2)CC1. The Balaban J connectivity index is 0.942. The van der Waals surface area contributed by atoms with E-state index in [1.807, 2.05) is 31.2 Å². The lowest BCUT2D eigenvalue weighted by atomic mass is 9.96. The predicted octanol–water partition coefficient (Wildman–Crippen LogP) is 5.24. The van der Waals surface area contributed by atoms with Gasteiger partial charge in [-0.2, -0.15) is 0 Å². The van der Waals surface area contributed by atoms with E-state index in [4.69, 9.17) is 21.1 Å². The van der Waals surface area contributed by atoms with Crippen LogP contribution in [0.3, 0.4) is 0 Å². The molecule has 2 fully saturated rings. The maximum Gasteiger partial charge on any atom is 0.415 e. The lowest BCUT2D eigenvalue weighted by Crippen LogP contribution is -2.50. The predicted molar refractivity (Wildman–Crippen MR) is 160 cm³/mol. The summed E-state index contributed by atoms with van der Waals surface area (Å²) < 4.78 is 13.6. The Morgan fingerprint density at radius 2 is 1.76 bits per heavy atom. The summed E-state index contributed by atoms with van der Waals surface area (Å²) in [7, 11) is 2.20. The van der Waals surface area contributed by atoms with Crippen molar-refractivity contribution in [1.82, 2.24) is 14.5 Å². The minimum absolute atomic E-state index is 0.203. The van der Waals surface area contributed by atoms with Crippen LogP contribution in [-0.2, 0) is 6.54 Å². The average molecular weight is 581 g/mol. The number of imidazole rings is 1. The first kappa shape index (κ1) is 27.7. The van der Waals surface area contributed by atoms with Crippen molar-refractivity contribution >= 4 is 28.8 Å². The quantitative estimate of drug-likeness (QED) is 0.264. The molecule has 4 heterocycles. The molecule has 10 nitrogen and oxygen atoms in total. The van der Waals surface area contributed by atoms with Crippen LogP contribution in [0.5, 0.6) is 11.8 Å². The van der Waals surface area contributed by atoms with Crippen LogP contribution in [0.4, 0.5) is 17.2 Å². The molecule has 0 aliphatic carbocycles. The number of nitro groups is 1. The van der Waals surface area contributed by atoms with Gasteiger partial charge in [-0.15, -0.1) is 0 Å². The maximum atomic E-state index is 10.9. The zero-order valence-electron chi connectivity index (χ0n) is 23.6. The summed E-state index contributed by atoms with van der Waals surface area (Å²) in [6.07, 6.45) is 6.14. The fraction of sp³-hybridized carbons (Fsp3) is 0.500. The van der Waals surface area contributed by atoms with Gasteiger partial charge < -0.3 is 34.3 Å². The summed E-state index contributed by atoms with van der Waals surface area (Å²) in [6.45, 7) is 7.11. The highest BCUT2D eigenvalue weighted by atomic mass is 35.5. The van der Waals surface area contributed by atoms with Crippen molar-refractivity contribution in [1.29, 1.82) is 0 Å². The van der Waals surface area contributed by atoms with Crippen molar-refractivity contribution in [2.24, 2.45) is 0 Å². The first-order valence-corrected chi connectivity index (χ1v) is 14.7. The van der Waals surface area contributed by atoms with Gasteiger partial charge in [-0.1, -0.05) is 11.6 Å². The third-order valence-electron chi connectivity index (χ3n) is 8.76. The van der Waals surface area contributed by atoms with E-state index in [0.717, 1.165) is 37.0 Å². The number of piperidine rings is 2. The van der Waals surface area contributed by atoms with E-state index >= 15 is 0 Å². The monoisotopic (exact) mass is 580 g/mol. The second-order valence-electron chi connectivity index (χ2n) is 11.7. The Labute approximate surface area is 245 Å². The number of hydrogen-bond donors (Lipinski definition) is 0. The molecule has 1 aromatic heterocycles. The molecular weight excluding hydrogens is 544 g/mol. The van der Waals surface area contributed by atoms with E-state index in [0.29, 0.717) is 25.2 Å². The number of halogens is 1. The van der Waals surface area contributed by atoms with Crippen LogP contribution in [0.2, 0.25) is 5.02 Å². The van der Waals surface area contributed by atoms with E-state index < -0.39 is 10.5 Å². The summed E-state index contributed by atoms with van der Waals surface area (Å²) in [5.74, 6) is 0.570. The van der Waals surface area contributed by atoms with E-state index in [-0.39, 0.29) is 11.8 Å². The second kappa shape index (κ2) is 11.4. The minimum Gasteiger partial charge on any atom is -0.489 e. The van der Waals surface area contributed by atoms with Crippen LogP contribution in [0.25, 0.3) is 0 Å². The van der Waals surface area contributed by atoms with Crippen molar-refractivity contribution in [3.05, 3.63) is 69.9 Å². The Morgan fingerprint density at radius 1 is 1.07 bits per heavy atom. The minimum atomic E-state index is -0.627. The second-order valence-corrected chi connectivity index (χ2v) is 12.1. The van der Waals surface area contributed by atoms with Crippen LogP contribution >= 0.6 is 11.6 Å². The molecule has 0 N–H and O–H groups in total. The summed E-state index contributed by atoms with van der Waals surface area (Å²) in [4.78, 5) is 21.9. The van der Waals surface area contributed by atoms with Crippen molar-refractivity contribution in [3.63, 3.8) is 0 Å². The van der Waals surface area contributed by atoms with Crippen molar-refractivity contribution < 1.29 is 14.4 Å². The van der Waals surface area contributed by atoms with Gasteiger partial charge in [0.15, 0.2) is 5.60 Å². The molecule has 1 atom stereocenters. The van der Waals surface area contributed by atoms with E-state index in [1.54, 1.807) is 4.57 Å². The average Bonchev–Trinajstić information content (AvgIpc) is 3.52. The smallest absolute Gasteiger partial charge is 0.415 e. The third kappa shape index (κ3) is 6.08. The number of aromatic nitrogens is 2. The Bertz CT molecular complexity index is 1320. The van der Waals surface area contributed by atoms with Gasteiger partial charge in [0.2, 0.25) is 0 Å². The number of nitrogens with zero attached hydrogens (tertiary/aromatic N) is 6. The van der Waals surface area contributed by atoms with Gasteiger partial charge in [-0.05, 0) is 86.1 Å². The van der Waals surface area contributed by atoms with Gasteiger partial charge in [0.1, 0.15) is 18.6 Å². The molecule has 6 rings (SSSR count). The lowest BCUT2D eigenvalue weighted by Gasteiger charge is -2.44. The van der Waals surface area contributed by atoms with Crippen LogP contribution in [-0.4, -0.2) is 76.9 Å². The number of hydrogen-bond acceptors (Lipinski definition) is 8. The summed E-state index contributed by atoms with van der Waals surface area (Å²) in [6, 6.07) is 17.9. The van der Waals surface area contributed by atoms with Crippen molar-refractivity contribution in [3.8, 4) is 11.8 Å². The Hall–Kier alpha value is -3.50. The fourth-order valence-corrected chi connectivity index (χ4v) is 6.49. The highest BCUT2D eigenvalue weighted by molar-refractivity contribution is 6.30. The molecule has 0 radical (unpaired) electrons. The molecule has 0 bridgehead atoms. The first-order chi connectivity index (χ1) is 19.8. The highest BCUT2D eigenvalue weighted by Gasteiger charge is 2.41.